The Labute approximate surface area is 136 Å². The third-order valence-corrected chi connectivity index (χ3v) is 7.04. The maximum atomic E-state index is 4.91. The maximum Gasteiger partial charge on any atom is 0.115 e. The molecule has 3 rings (SSSR count). The number of hydrogen-bond acceptors (Lipinski definition) is 4. The van der Waals surface area contributed by atoms with Crippen molar-refractivity contribution >= 4 is 38.6 Å². The summed E-state index contributed by atoms with van der Waals surface area (Å²) < 4.78 is 1.21. The second kappa shape index (κ2) is 6.26. The number of nitrogens with one attached hydrogen (secondary N) is 1. The lowest BCUT2D eigenvalue weighted by molar-refractivity contribution is 0.601. The fraction of sp³-hybridized carbons (Fsp3) is 0.533. The predicted octanol–water partition coefficient (Wildman–Crippen LogP) is 4.85. The van der Waals surface area contributed by atoms with Crippen molar-refractivity contribution in [3.05, 3.63) is 35.9 Å². The first kappa shape index (κ1) is 14.7. The first-order chi connectivity index (χ1) is 9.69. The maximum absolute atomic E-state index is 4.91. The lowest BCUT2D eigenvalue weighted by Gasteiger charge is -2.14. The number of thiophene rings is 1. The lowest BCUT2D eigenvalue weighted by Crippen LogP contribution is -2.22. The van der Waals surface area contributed by atoms with E-state index in [1.54, 1.807) is 0 Å². The largest absolute Gasteiger partial charge is 0.304 e. The minimum absolute atomic E-state index is 0.264. The van der Waals surface area contributed by atoms with Gasteiger partial charge in [0, 0.05) is 19.1 Å². The van der Waals surface area contributed by atoms with E-state index >= 15 is 0 Å². The molecule has 1 unspecified atom stereocenters. The van der Waals surface area contributed by atoms with E-state index in [9.17, 15) is 0 Å². The summed E-state index contributed by atoms with van der Waals surface area (Å²) in [5.41, 5.74) is 1.35. The van der Waals surface area contributed by atoms with Crippen LogP contribution >= 0.6 is 38.6 Å². The fourth-order valence-electron chi connectivity index (χ4n) is 2.56. The minimum atomic E-state index is 0.264. The lowest BCUT2D eigenvalue weighted by atomic mass is 10.2. The Kier molecular flexibility index (Phi) is 4.60. The molecular formula is C15H19BrN2S2. The number of aromatic nitrogens is 1. The molecule has 0 saturated carbocycles. The fourth-order valence-corrected chi connectivity index (χ4v) is 5.52. The minimum Gasteiger partial charge on any atom is -0.304 e. The van der Waals surface area contributed by atoms with Crippen molar-refractivity contribution in [2.45, 2.75) is 45.6 Å². The van der Waals surface area contributed by atoms with Crippen LogP contribution in [0, 0.1) is 6.92 Å². The Balaban J connectivity index is 1.92. The third kappa shape index (κ3) is 2.86. The first-order valence-corrected chi connectivity index (χ1v) is 9.59. The Morgan fingerprint density at radius 1 is 1.40 bits per heavy atom. The van der Waals surface area contributed by atoms with Gasteiger partial charge >= 0.3 is 0 Å². The van der Waals surface area contributed by atoms with Crippen LogP contribution in [0.2, 0.25) is 0 Å². The van der Waals surface area contributed by atoms with Crippen LogP contribution in [0.25, 0.3) is 0 Å². The molecule has 0 spiro atoms. The monoisotopic (exact) mass is 370 g/mol. The Hall–Kier alpha value is -0.230. The van der Waals surface area contributed by atoms with Crippen LogP contribution in [0.5, 0.6) is 0 Å². The standard InChI is InChI=1S/C15H19BrN2S2/c1-3-7-17-14(13-8-10(16)9(2)19-13)15-18-11-5-4-6-12(11)20-15/h8,14,17H,3-7H2,1-2H3. The van der Waals surface area contributed by atoms with Crippen LogP contribution in [0.15, 0.2) is 10.5 Å². The summed E-state index contributed by atoms with van der Waals surface area (Å²) in [5.74, 6) is 0. The molecule has 2 aromatic heterocycles. The van der Waals surface area contributed by atoms with E-state index in [1.807, 2.05) is 22.7 Å². The normalized spacial score (nSPS) is 15.6. The van der Waals surface area contributed by atoms with E-state index in [2.05, 4.69) is 41.2 Å². The summed E-state index contributed by atoms with van der Waals surface area (Å²) in [7, 11) is 0. The average molecular weight is 371 g/mol. The van der Waals surface area contributed by atoms with Crippen LogP contribution in [0.4, 0.5) is 0 Å². The van der Waals surface area contributed by atoms with Crippen molar-refractivity contribution in [2.75, 3.05) is 6.54 Å². The van der Waals surface area contributed by atoms with Crippen LogP contribution < -0.4 is 5.32 Å². The molecule has 2 nitrogen and oxygen atoms in total. The van der Waals surface area contributed by atoms with Gasteiger partial charge in [0.25, 0.3) is 0 Å². The molecule has 1 N–H and O–H groups in total. The third-order valence-electron chi connectivity index (χ3n) is 3.62. The topological polar surface area (TPSA) is 24.9 Å². The summed E-state index contributed by atoms with van der Waals surface area (Å²) in [6, 6.07) is 2.51. The molecule has 5 heteroatoms. The Morgan fingerprint density at radius 2 is 2.25 bits per heavy atom. The summed E-state index contributed by atoms with van der Waals surface area (Å²) in [5, 5.41) is 4.92. The molecule has 1 aliphatic rings. The number of nitrogens with zero attached hydrogens (tertiary/aromatic N) is 1. The highest BCUT2D eigenvalue weighted by atomic mass is 79.9. The highest BCUT2D eigenvalue weighted by molar-refractivity contribution is 9.10. The van der Waals surface area contributed by atoms with E-state index in [0.29, 0.717) is 0 Å². The van der Waals surface area contributed by atoms with Gasteiger partial charge in [-0.2, -0.15) is 0 Å². The summed E-state index contributed by atoms with van der Waals surface area (Å²) >= 11 is 7.41. The molecule has 0 bridgehead atoms. The van der Waals surface area contributed by atoms with E-state index in [0.717, 1.165) is 13.0 Å². The predicted molar refractivity (Wildman–Crippen MR) is 91.0 cm³/mol. The van der Waals surface area contributed by atoms with Crippen LogP contribution in [-0.4, -0.2) is 11.5 Å². The number of rotatable bonds is 5. The zero-order chi connectivity index (χ0) is 14.1. The van der Waals surface area contributed by atoms with Crippen molar-refractivity contribution in [3.63, 3.8) is 0 Å². The molecule has 0 radical (unpaired) electrons. The summed E-state index contributed by atoms with van der Waals surface area (Å²) in [4.78, 5) is 9.13. The summed E-state index contributed by atoms with van der Waals surface area (Å²) in [6.07, 6.45) is 4.82. The molecule has 2 heterocycles. The Bertz CT molecular complexity index is 562. The van der Waals surface area contributed by atoms with Gasteiger partial charge in [-0.05, 0) is 61.1 Å². The molecule has 0 aliphatic heterocycles. The number of hydrogen-bond donors (Lipinski definition) is 1. The smallest absolute Gasteiger partial charge is 0.115 e. The van der Waals surface area contributed by atoms with Gasteiger partial charge in [0.05, 0.1) is 11.7 Å². The Morgan fingerprint density at radius 3 is 2.90 bits per heavy atom. The summed E-state index contributed by atoms with van der Waals surface area (Å²) in [6.45, 7) is 5.40. The van der Waals surface area contributed by atoms with E-state index in [-0.39, 0.29) is 6.04 Å². The van der Waals surface area contributed by atoms with Gasteiger partial charge in [0.2, 0.25) is 0 Å². The zero-order valence-electron chi connectivity index (χ0n) is 11.8. The average Bonchev–Trinajstić information content (AvgIpc) is 3.06. The van der Waals surface area contributed by atoms with Gasteiger partial charge in [-0.25, -0.2) is 4.98 Å². The second-order valence-electron chi connectivity index (χ2n) is 5.22. The molecule has 2 aromatic rings. The molecule has 0 aromatic carbocycles. The van der Waals surface area contributed by atoms with Gasteiger partial charge in [-0.3, -0.25) is 0 Å². The molecular weight excluding hydrogens is 352 g/mol. The van der Waals surface area contributed by atoms with Gasteiger partial charge in [0.15, 0.2) is 0 Å². The highest BCUT2D eigenvalue weighted by Crippen LogP contribution is 2.37. The molecule has 0 saturated heterocycles. The molecule has 1 aliphatic carbocycles. The van der Waals surface area contributed by atoms with Crippen molar-refractivity contribution < 1.29 is 0 Å². The zero-order valence-corrected chi connectivity index (χ0v) is 15.1. The van der Waals surface area contributed by atoms with Crippen LogP contribution in [0.1, 0.15) is 51.1 Å². The van der Waals surface area contributed by atoms with E-state index < -0.39 is 0 Å². The SMILES string of the molecule is CCCNC(c1cc(Br)c(C)s1)c1nc2c(s1)CCC2. The molecule has 20 heavy (non-hydrogen) atoms. The van der Waals surface area contributed by atoms with Crippen LogP contribution in [0.3, 0.4) is 0 Å². The van der Waals surface area contributed by atoms with Gasteiger partial charge < -0.3 is 5.32 Å². The molecule has 1 atom stereocenters. The van der Waals surface area contributed by atoms with Crippen molar-refractivity contribution in [2.24, 2.45) is 0 Å². The first-order valence-electron chi connectivity index (χ1n) is 7.16. The van der Waals surface area contributed by atoms with Gasteiger partial charge in [-0.15, -0.1) is 22.7 Å². The van der Waals surface area contributed by atoms with Crippen molar-refractivity contribution in [1.29, 1.82) is 0 Å². The quantitative estimate of drug-likeness (QED) is 0.813. The second-order valence-corrected chi connectivity index (χ2v) is 8.47. The molecule has 0 fully saturated rings. The number of aryl methyl sites for hydroxylation is 3. The van der Waals surface area contributed by atoms with Crippen LogP contribution in [-0.2, 0) is 12.8 Å². The molecule has 0 amide bonds. The van der Waals surface area contributed by atoms with Gasteiger partial charge in [0.1, 0.15) is 5.01 Å². The van der Waals surface area contributed by atoms with E-state index in [4.69, 9.17) is 4.98 Å². The molecule has 108 valence electrons. The van der Waals surface area contributed by atoms with E-state index in [1.165, 1.54) is 49.1 Å². The number of fused-ring (bicyclic) bond motifs is 1. The number of thiazole rings is 1. The van der Waals surface area contributed by atoms with Crippen molar-refractivity contribution in [3.8, 4) is 0 Å². The van der Waals surface area contributed by atoms with Crippen molar-refractivity contribution in [1.82, 2.24) is 10.3 Å². The van der Waals surface area contributed by atoms with Gasteiger partial charge in [-0.1, -0.05) is 6.92 Å². The highest BCUT2D eigenvalue weighted by Gasteiger charge is 2.24. The number of halogens is 1.